The second-order valence-electron chi connectivity index (χ2n) is 7.08. The lowest BCUT2D eigenvalue weighted by molar-refractivity contribution is -0.114. The van der Waals surface area contributed by atoms with Crippen molar-refractivity contribution in [2.45, 2.75) is 26.2 Å². The number of carbonyl (C=O) groups is 1. The number of amides is 1. The van der Waals surface area contributed by atoms with Gasteiger partial charge in [0.25, 0.3) is 0 Å². The van der Waals surface area contributed by atoms with E-state index in [1.165, 1.54) is 0 Å². The number of hydrogen-bond acceptors (Lipinski definition) is 3. The van der Waals surface area contributed by atoms with Crippen molar-refractivity contribution in [3.05, 3.63) is 66.4 Å². The van der Waals surface area contributed by atoms with Crippen molar-refractivity contribution in [3.8, 4) is 0 Å². The van der Waals surface area contributed by atoms with Crippen LogP contribution in [0.15, 0.2) is 60.8 Å². The smallest absolute Gasteiger partial charge is 0.243 e. The molecule has 3 rings (SSSR count). The molecule has 0 radical (unpaired) electrons. The zero-order valence-electron chi connectivity index (χ0n) is 14.8. The molecule has 2 N–H and O–H groups in total. The molecule has 0 saturated heterocycles. The Kier molecular flexibility index (Phi) is 4.70. The first kappa shape index (κ1) is 17.0. The molecule has 1 aromatic heterocycles. The van der Waals surface area contributed by atoms with Crippen LogP contribution >= 0.6 is 0 Å². The summed E-state index contributed by atoms with van der Waals surface area (Å²) < 4.78 is 0. The van der Waals surface area contributed by atoms with Gasteiger partial charge in [0.1, 0.15) is 0 Å². The molecule has 1 heterocycles. The van der Waals surface area contributed by atoms with Gasteiger partial charge < -0.3 is 10.6 Å². The topological polar surface area (TPSA) is 54.0 Å². The van der Waals surface area contributed by atoms with Crippen LogP contribution in [0.4, 0.5) is 11.4 Å². The molecule has 4 heteroatoms. The minimum atomic E-state index is -0.0790. The number of aromatic nitrogens is 1. The maximum absolute atomic E-state index is 12.4. The van der Waals surface area contributed by atoms with Crippen molar-refractivity contribution < 1.29 is 4.79 Å². The number of nitrogens with zero attached hydrogens (tertiary/aromatic N) is 1. The van der Waals surface area contributed by atoms with Crippen molar-refractivity contribution in [2.24, 2.45) is 0 Å². The van der Waals surface area contributed by atoms with Crippen molar-refractivity contribution >= 4 is 28.2 Å². The highest BCUT2D eigenvalue weighted by molar-refractivity contribution is 5.97. The molecule has 0 saturated carbocycles. The molecule has 0 aliphatic heterocycles. The minimum Gasteiger partial charge on any atom is -0.374 e. The van der Waals surface area contributed by atoms with E-state index in [-0.39, 0.29) is 17.9 Å². The SMILES string of the molecule is CC(C)(C)c1ccccc1NC(=O)CNc1cccc2cccnc12. The fourth-order valence-electron chi connectivity index (χ4n) is 2.86. The Hall–Kier alpha value is -2.88. The number of carbonyl (C=O) groups excluding carboxylic acids is 1. The summed E-state index contributed by atoms with van der Waals surface area (Å²) in [5.74, 6) is -0.0790. The predicted molar refractivity (Wildman–Crippen MR) is 104 cm³/mol. The van der Waals surface area contributed by atoms with E-state index in [1.807, 2.05) is 48.5 Å². The quantitative estimate of drug-likeness (QED) is 0.734. The molecular formula is C21H23N3O. The van der Waals surface area contributed by atoms with Gasteiger partial charge in [0.2, 0.25) is 5.91 Å². The summed E-state index contributed by atoms with van der Waals surface area (Å²) in [5.41, 5.74) is 3.68. The molecule has 0 atom stereocenters. The van der Waals surface area contributed by atoms with Crippen molar-refractivity contribution in [1.82, 2.24) is 4.98 Å². The van der Waals surface area contributed by atoms with Crippen molar-refractivity contribution in [2.75, 3.05) is 17.2 Å². The van der Waals surface area contributed by atoms with Gasteiger partial charge in [-0.05, 0) is 29.2 Å². The second kappa shape index (κ2) is 6.93. The molecule has 0 aliphatic carbocycles. The molecule has 25 heavy (non-hydrogen) atoms. The van der Waals surface area contributed by atoms with Gasteiger partial charge in [-0.2, -0.15) is 0 Å². The molecule has 0 spiro atoms. The third-order valence-electron chi connectivity index (χ3n) is 4.08. The number of fused-ring (bicyclic) bond motifs is 1. The lowest BCUT2D eigenvalue weighted by Crippen LogP contribution is -2.24. The van der Waals surface area contributed by atoms with Gasteiger partial charge in [-0.25, -0.2) is 0 Å². The fraction of sp³-hybridized carbons (Fsp3) is 0.238. The number of para-hydroxylation sites is 2. The Morgan fingerprint density at radius 2 is 1.68 bits per heavy atom. The van der Waals surface area contributed by atoms with Crippen LogP contribution in [0.25, 0.3) is 10.9 Å². The van der Waals surface area contributed by atoms with Gasteiger partial charge in [0.05, 0.1) is 17.7 Å². The van der Waals surface area contributed by atoms with Gasteiger partial charge in [-0.1, -0.05) is 57.2 Å². The standard InChI is InChI=1S/C21H23N3O/c1-21(2,3)16-10-4-5-11-17(16)24-19(25)14-23-18-12-6-8-15-9-7-13-22-20(15)18/h4-13,23H,14H2,1-3H3,(H,24,25). The third kappa shape index (κ3) is 3.97. The summed E-state index contributed by atoms with van der Waals surface area (Å²) in [6.07, 6.45) is 1.76. The zero-order valence-corrected chi connectivity index (χ0v) is 14.8. The number of rotatable bonds is 4. The zero-order chi connectivity index (χ0) is 17.9. The maximum atomic E-state index is 12.4. The first-order chi connectivity index (χ1) is 11.9. The molecular weight excluding hydrogens is 310 g/mol. The van der Waals surface area contributed by atoms with E-state index < -0.39 is 0 Å². The van der Waals surface area contributed by atoms with E-state index in [2.05, 4.69) is 42.5 Å². The molecule has 128 valence electrons. The van der Waals surface area contributed by atoms with Crippen LogP contribution in [0.2, 0.25) is 0 Å². The molecule has 1 amide bonds. The fourth-order valence-corrected chi connectivity index (χ4v) is 2.86. The normalized spacial score (nSPS) is 11.3. The van der Waals surface area contributed by atoms with E-state index in [4.69, 9.17) is 0 Å². The Bertz CT molecular complexity index is 892. The van der Waals surface area contributed by atoms with E-state index in [0.29, 0.717) is 0 Å². The molecule has 0 aliphatic rings. The summed E-state index contributed by atoms with van der Waals surface area (Å²) in [5, 5.41) is 7.25. The van der Waals surface area contributed by atoms with Gasteiger partial charge in [-0.15, -0.1) is 0 Å². The molecule has 4 nitrogen and oxygen atoms in total. The van der Waals surface area contributed by atoms with Crippen LogP contribution < -0.4 is 10.6 Å². The summed E-state index contributed by atoms with van der Waals surface area (Å²) in [6.45, 7) is 6.60. The molecule has 0 bridgehead atoms. The molecule has 2 aromatic carbocycles. The average Bonchev–Trinajstić information content (AvgIpc) is 2.59. The van der Waals surface area contributed by atoms with Crippen molar-refractivity contribution in [1.29, 1.82) is 0 Å². The number of nitrogens with one attached hydrogen (secondary N) is 2. The second-order valence-corrected chi connectivity index (χ2v) is 7.08. The first-order valence-corrected chi connectivity index (χ1v) is 8.42. The molecule has 0 fully saturated rings. The molecule has 0 unspecified atom stereocenters. The largest absolute Gasteiger partial charge is 0.374 e. The number of hydrogen-bond donors (Lipinski definition) is 2. The highest BCUT2D eigenvalue weighted by Gasteiger charge is 2.18. The van der Waals surface area contributed by atoms with E-state index in [9.17, 15) is 4.79 Å². The van der Waals surface area contributed by atoms with E-state index in [1.54, 1.807) is 6.20 Å². The summed E-state index contributed by atoms with van der Waals surface area (Å²) in [7, 11) is 0. The average molecular weight is 333 g/mol. The predicted octanol–water partition coefficient (Wildman–Crippen LogP) is 4.58. The van der Waals surface area contributed by atoms with E-state index in [0.717, 1.165) is 27.8 Å². The summed E-state index contributed by atoms with van der Waals surface area (Å²) >= 11 is 0. The maximum Gasteiger partial charge on any atom is 0.243 e. The Morgan fingerprint density at radius 1 is 0.960 bits per heavy atom. The monoisotopic (exact) mass is 333 g/mol. The minimum absolute atomic E-state index is 0.0309. The number of anilines is 2. The number of benzene rings is 2. The number of pyridine rings is 1. The summed E-state index contributed by atoms with van der Waals surface area (Å²) in [6, 6.07) is 17.7. The first-order valence-electron chi connectivity index (χ1n) is 8.42. The lowest BCUT2D eigenvalue weighted by atomic mass is 9.86. The third-order valence-corrected chi connectivity index (χ3v) is 4.08. The van der Waals surface area contributed by atoms with Crippen LogP contribution in [0, 0.1) is 0 Å². The van der Waals surface area contributed by atoms with Crippen LogP contribution in [-0.2, 0) is 10.2 Å². The van der Waals surface area contributed by atoms with Gasteiger partial charge in [0, 0.05) is 17.3 Å². The van der Waals surface area contributed by atoms with E-state index >= 15 is 0 Å². The van der Waals surface area contributed by atoms with Crippen LogP contribution in [0.1, 0.15) is 26.3 Å². The lowest BCUT2D eigenvalue weighted by Gasteiger charge is -2.23. The van der Waals surface area contributed by atoms with Gasteiger partial charge in [0.15, 0.2) is 0 Å². The van der Waals surface area contributed by atoms with Crippen LogP contribution in [0.5, 0.6) is 0 Å². The highest BCUT2D eigenvalue weighted by atomic mass is 16.1. The highest BCUT2D eigenvalue weighted by Crippen LogP contribution is 2.29. The Labute approximate surface area is 148 Å². The Balaban J connectivity index is 1.72. The van der Waals surface area contributed by atoms with Crippen LogP contribution in [0.3, 0.4) is 0 Å². The van der Waals surface area contributed by atoms with Crippen molar-refractivity contribution in [3.63, 3.8) is 0 Å². The van der Waals surface area contributed by atoms with Crippen LogP contribution in [-0.4, -0.2) is 17.4 Å². The summed E-state index contributed by atoms with van der Waals surface area (Å²) in [4.78, 5) is 16.8. The molecule has 3 aromatic rings. The Morgan fingerprint density at radius 3 is 2.48 bits per heavy atom. The van der Waals surface area contributed by atoms with Gasteiger partial charge >= 0.3 is 0 Å². The van der Waals surface area contributed by atoms with Gasteiger partial charge in [-0.3, -0.25) is 9.78 Å².